The van der Waals surface area contributed by atoms with Gasteiger partial charge in [-0.3, -0.25) is 9.89 Å². The quantitative estimate of drug-likeness (QED) is 0.698. The number of nitrogen functional groups attached to an aromatic ring is 1. The van der Waals surface area contributed by atoms with Crippen molar-refractivity contribution >= 4 is 11.6 Å². The van der Waals surface area contributed by atoms with Crippen molar-refractivity contribution in [3.05, 3.63) is 47.8 Å². The van der Waals surface area contributed by atoms with Crippen LogP contribution < -0.4 is 11.1 Å². The summed E-state index contributed by atoms with van der Waals surface area (Å²) in [5.41, 5.74) is 7.77. The van der Waals surface area contributed by atoms with Crippen LogP contribution in [-0.4, -0.2) is 16.1 Å². The lowest BCUT2D eigenvalue weighted by Gasteiger charge is -2.13. The van der Waals surface area contributed by atoms with E-state index in [1.165, 1.54) is 0 Å². The van der Waals surface area contributed by atoms with Crippen LogP contribution in [0.15, 0.2) is 36.5 Å². The second-order valence-electron chi connectivity index (χ2n) is 3.83. The molecule has 0 saturated carbocycles. The standard InChI is InChI=1S/C12H14N4O/c1-8(9-2-4-10(13)5-3-9)15-12(17)11-6-7-14-16-11/h2-8H,13H2,1H3,(H,14,16)(H,15,17). The first kappa shape index (κ1) is 11.2. The van der Waals surface area contributed by atoms with Crippen LogP contribution in [0, 0.1) is 0 Å². The zero-order valence-electron chi connectivity index (χ0n) is 9.47. The third-order valence-corrected chi connectivity index (χ3v) is 2.53. The van der Waals surface area contributed by atoms with Gasteiger partial charge in [-0.25, -0.2) is 0 Å². The molecule has 88 valence electrons. The summed E-state index contributed by atoms with van der Waals surface area (Å²) in [6.07, 6.45) is 1.54. The molecule has 5 heteroatoms. The molecule has 2 aromatic rings. The molecule has 1 amide bonds. The molecule has 1 aromatic carbocycles. The molecule has 0 bridgehead atoms. The largest absolute Gasteiger partial charge is 0.399 e. The van der Waals surface area contributed by atoms with Gasteiger partial charge < -0.3 is 11.1 Å². The number of hydrogen-bond donors (Lipinski definition) is 3. The molecule has 0 aliphatic rings. The van der Waals surface area contributed by atoms with Crippen LogP contribution in [0.4, 0.5) is 5.69 Å². The number of nitrogens with two attached hydrogens (primary N) is 1. The van der Waals surface area contributed by atoms with Gasteiger partial charge in [-0.05, 0) is 30.7 Å². The van der Waals surface area contributed by atoms with Crippen LogP contribution >= 0.6 is 0 Å². The van der Waals surface area contributed by atoms with Crippen molar-refractivity contribution in [2.24, 2.45) is 0 Å². The second-order valence-corrected chi connectivity index (χ2v) is 3.83. The number of aromatic amines is 1. The minimum atomic E-state index is -0.174. The van der Waals surface area contributed by atoms with Gasteiger partial charge in [0.25, 0.3) is 5.91 Å². The summed E-state index contributed by atoms with van der Waals surface area (Å²) >= 11 is 0. The van der Waals surface area contributed by atoms with Gasteiger partial charge in [-0.2, -0.15) is 5.10 Å². The molecule has 0 aliphatic carbocycles. The van der Waals surface area contributed by atoms with E-state index in [1.54, 1.807) is 12.3 Å². The lowest BCUT2D eigenvalue weighted by molar-refractivity contribution is 0.0935. The number of nitrogens with one attached hydrogen (secondary N) is 2. The first-order valence-corrected chi connectivity index (χ1v) is 5.32. The van der Waals surface area contributed by atoms with Crippen molar-refractivity contribution in [2.45, 2.75) is 13.0 Å². The van der Waals surface area contributed by atoms with Gasteiger partial charge in [0.15, 0.2) is 0 Å². The van der Waals surface area contributed by atoms with Crippen LogP contribution in [0.3, 0.4) is 0 Å². The summed E-state index contributed by atoms with van der Waals surface area (Å²) in [7, 11) is 0. The Labute approximate surface area is 99.0 Å². The van der Waals surface area contributed by atoms with E-state index < -0.39 is 0 Å². The van der Waals surface area contributed by atoms with Gasteiger partial charge in [-0.1, -0.05) is 12.1 Å². The number of nitrogens with zero attached hydrogens (tertiary/aromatic N) is 1. The number of aromatic nitrogens is 2. The number of amides is 1. The zero-order chi connectivity index (χ0) is 12.3. The number of carbonyl (C=O) groups excluding carboxylic acids is 1. The first-order valence-electron chi connectivity index (χ1n) is 5.32. The van der Waals surface area contributed by atoms with Crippen LogP contribution in [0.2, 0.25) is 0 Å². The number of hydrogen-bond acceptors (Lipinski definition) is 3. The maximum absolute atomic E-state index is 11.7. The molecule has 2 rings (SSSR count). The Kier molecular flexibility index (Phi) is 3.09. The highest BCUT2D eigenvalue weighted by molar-refractivity contribution is 5.92. The predicted molar refractivity (Wildman–Crippen MR) is 65.3 cm³/mol. The molecule has 0 aliphatic heterocycles. The summed E-state index contributed by atoms with van der Waals surface area (Å²) in [4.78, 5) is 11.7. The fraction of sp³-hybridized carbons (Fsp3) is 0.167. The molecule has 1 unspecified atom stereocenters. The van der Waals surface area contributed by atoms with Gasteiger partial charge in [-0.15, -0.1) is 0 Å². The maximum Gasteiger partial charge on any atom is 0.269 e. The Morgan fingerprint density at radius 3 is 2.65 bits per heavy atom. The normalized spacial score (nSPS) is 12.1. The van der Waals surface area contributed by atoms with Crippen LogP contribution in [0.5, 0.6) is 0 Å². The number of H-pyrrole nitrogens is 1. The van der Waals surface area contributed by atoms with E-state index >= 15 is 0 Å². The summed E-state index contributed by atoms with van der Waals surface area (Å²) in [5, 5.41) is 9.22. The highest BCUT2D eigenvalue weighted by Gasteiger charge is 2.11. The third-order valence-electron chi connectivity index (χ3n) is 2.53. The van der Waals surface area contributed by atoms with Crippen LogP contribution in [0.1, 0.15) is 29.0 Å². The minimum absolute atomic E-state index is 0.0774. The number of rotatable bonds is 3. The summed E-state index contributed by atoms with van der Waals surface area (Å²) in [6.45, 7) is 1.92. The number of anilines is 1. The van der Waals surface area contributed by atoms with E-state index in [0.717, 1.165) is 5.56 Å². The Morgan fingerprint density at radius 1 is 1.35 bits per heavy atom. The van der Waals surface area contributed by atoms with Crippen molar-refractivity contribution in [1.29, 1.82) is 0 Å². The molecule has 0 radical (unpaired) electrons. The molecule has 1 heterocycles. The number of carbonyl (C=O) groups is 1. The number of benzene rings is 1. The Balaban J connectivity index is 2.04. The SMILES string of the molecule is CC(NC(=O)c1ccn[nH]1)c1ccc(N)cc1. The monoisotopic (exact) mass is 230 g/mol. The molecule has 5 nitrogen and oxygen atoms in total. The van der Waals surface area contributed by atoms with Crippen molar-refractivity contribution in [1.82, 2.24) is 15.5 Å². The second kappa shape index (κ2) is 4.69. The predicted octanol–water partition coefficient (Wildman–Crippen LogP) is 1.48. The van der Waals surface area contributed by atoms with Gasteiger partial charge >= 0.3 is 0 Å². The maximum atomic E-state index is 11.7. The molecule has 0 fully saturated rings. The Morgan fingerprint density at radius 2 is 2.06 bits per heavy atom. The average molecular weight is 230 g/mol. The zero-order valence-corrected chi connectivity index (χ0v) is 9.47. The molecular weight excluding hydrogens is 216 g/mol. The van der Waals surface area contributed by atoms with Gasteiger partial charge in [0.1, 0.15) is 5.69 Å². The third kappa shape index (κ3) is 2.63. The van der Waals surface area contributed by atoms with Crippen LogP contribution in [-0.2, 0) is 0 Å². The molecule has 1 atom stereocenters. The Bertz CT molecular complexity index is 490. The topological polar surface area (TPSA) is 83.8 Å². The molecule has 17 heavy (non-hydrogen) atoms. The van der Waals surface area contributed by atoms with Crippen molar-refractivity contribution in [3.8, 4) is 0 Å². The minimum Gasteiger partial charge on any atom is -0.399 e. The average Bonchev–Trinajstić information content (AvgIpc) is 2.83. The molecule has 4 N–H and O–H groups in total. The highest BCUT2D eigenvalue weighted by atomic mass is 16.2. The first-order chi connectivity index (χ1) is 8.16. The lowest BCUT2D eigenvalue weighted by Crippen LogP contribution is -2.26. The van der Waals surface area contributed by atoms with Gasteiger partial charge in [0.05, 0.1) is 6.04 Å². The highest BCUT2D eigenvalue weighted by Crippen LogP contribution is 2.14. The van der Waals surface area contributed by atoms with E-state index in [1.807, 2.05) is 31.2 Å². The molecular formula is C12H14N4O. The van der Waals surface area contributed by atoms with Gasteiger partial charge in [0.2, 0.25) is 0 Å². The summed E-state index contributed by atoms with van der Waals surface area (Å²) in [6, 6.07) is 8.97. The van der Waals surface area contributed by atoms with Crippen LogP contribution in [0.25, 0.3) is 0 Å². The summed E-state index contributed by atoms with van der Waals surface area (Å²) < 4.78 is 0. The molecule has 0 saturated heterocycles. The van der Waals surface area contributed by atoms with Gasteiger partial charge in [0, 0.05) is 11.9 Å². The molecule has 0 spiro atoms. The fourth-order valence-electron chi connectivity index (χ4n) is 1.52. The van der Waals surface area contributed by atoms with E-state index in [0.29, 0.717) is 11.4 Å². The fourth-order valence-corrected chi connectivity index (χ4v) is 1.52. The molecule has 1 aromatic heterocycles. The smallest absolute Gasteiger partial charge is 0.269 e. The van der Waals surface area contributed by atoms with Crippen molar-refractivity contribution in [3.63, 3.8) is 0 Å². The summed E-state index contributed by atoms with van der Waals surface area (Å²) in [5.74, 6) is -0.174. The van der Waals surface area contributed by atoms with E-state index in [-0.39, 0.29) is 11.9 Å². The van der Waals surface area contributed by atoms with E-state index in [9.17, 15) is 4.79 Å². The van der Waals surface area contributed by atoms with Crippen molar-refractivity contribution in [2.75, 3.05) is 5.73 Å². The Hall–Kier alpha value is -2.30. The van der Waals surface area contributed by atoms with Crippen molar-refractivity contribution < 1.29 is 4.79 Å². The lowest BCUT2D eigenvalue weighted by atomic mass is 10.1. The van der Waals surface area contributed by atoms with E-state index in [4.69, 9.17) is 5.73 Å². The van der Waals surface area contributed by atoms with E-state index in [2.05, 4.69) is 15.5 Å².